The number of halogens is 1. The van der Waals surface area contributed by atoms with Crippen LogP contribution in [0.4, 0.5) is 0 Å². The molecule has 1 aliphatic heterocycles. The van der Waals surface area contributed by atoms with Crippen molar-refractivity contribution in [1.29, 1.82) is 0 Å². The van der Waals surface area contributed by atoms with Crippen molar-refractivity contribution in [1.82, 2.24) is 14.5 Å². The Kier molecular flexibility index (Phi) is 7.45. The Hall–Kier alpha value is -2.71. The molecule has 1 heterocycles. The molecule has 0 radical (unpaired) electrons. The van der Waals surface area contributed by atoms with Crippen LogP contribution in [0.3, 0.4) is 0 Å². The molecular weight excluding hydrogens is 458 g/mol. The Morgan fingerprint density at radius 1 is 0.848 bits per heavy atom. The van der Waals surface area contributed by atoms with Crippen molar-refractivity contribution in [2.45, 2.75) is 10.9 Å². The van der Waals surface area contributed by atoms with Crippen LogP contribution in [-0.2, 0) is 14.8 Å². The summed E-state index contributed by atoms with van der Waals surface area (Å²) >= 11 is 6.20. The minimum absolute atomic E-state index is 0.0604. The molecule has 8 heteroatoms. The molecule has 0 aliphatic carbocycles. The molecule has 0 aromatic heterocycles. The largest absolute Gasteiger partial charge is 0.339 e. The molecular formula is C25H26ClN3O3S. The van der Waals surface area contributed by atoms with Crippen LogP contribution in [0.25, 0.3) is 0 Å². The minimum Gasteiger partial charge on any atom is -0.339 e. The Morgan fingerprint density at radius 2 is 1.45 bits per heavy atom. The number of carbonyl (C=O) groups excluding carboxylic acids is 1. The van der Waals surface area contributed by atoms with Gasteiger partial charge < -0.3 is 4.90 Å². The summed E-state index contributed by atoms with van der Waals surface area (Å²) in [4.78, 5) is 14.9. The first-order chi connectivity index (χ1) is 15.9. The summed E-state index contributed by atoms with van der Waals surface area (Å²) in [5.74, 6) is -0.0604. The lowest BCUT2D eigenvalue weighted by atomic mass is 9.98. The van der Waals surface area contributed by atoms with Crippen molar-refractivity contribution in [3.8, 4) is 0 Å². The highest BCUT2D eigenvalue weighted by Gasteiger charge is 2.30. The molecule has 0 saturated carbocycles. The fourth-order valence-electron chi connectivity index (χ4n) is 3.98. The summed E-state index contributed by atoms with van der Waals surface area (Å²) in [6.07, 6.45) is 0. The molecule has 3 aromatic carbocycles. The van der Waals surface area contributed by atoms with E-state index in [9.17, 15) is 13.2 Å². The summed E-state index contributed by atoms with van der Waals surface area (Å²) in [5.41, 5.74) is 2.01. The predicted molar refractivity (Wildman–Crippen MR) is 130 cm³/mol. The summed E-state index contributed by atoms with van der Waals surface area (Å²) < 4.78 is 27.1. The molecule has 4 rings (SSSR count). The first-order valence-electron chi connectivity index (χ1n) is 10.8. The molecule has 1 saturated heterocycles. The van der Waals surface area contributed by atoms with Crippen LogP contribution in [0.15, 0.2) is 89.8 Å². The average Bonchev–Trinajstić information content (AvgIpc) is 2.85. The molecule has 1 atom stereocenters. The van der Waals surface area contributed by atoms with Gasteiger partial charge in [0, 0.05) is 31.2 Å². The molecule has 0 spiro atoms. The minimum atomic E-state index is -3.55. The quantitative estimate of drug-likeness (QED) is 0.558. The van der Waals surface area contributed by atoms with E-state index >= 15 is 0 Å². The van der Waals surface area contributed by atoms with Crippen LogP contribution < -0.4 is 5.32 Å². The average molecular weight is 484 g/mol. The number of hydrogen-bond acceptors (Lipinski definition) is 4. The third-order valence-corrected chi connectivity index (χ3v) is 7.89. The van der Waals surface area contributed by atoms with Gasteiger partial charge in [-0.3, -0.25) is 10.1 Å². The molecule has 6 nitrogen and oxygen atoms in total. The molecule has 1 amide bonds. The highest BCUT2D eigenvalue weighted by molar-refractivity contribution is 7.89. The highest BCUT2D eigenvalue weighted by Crippen LogP contribution is 2.24. The lowest BCUT2D eigenvalue weighted by Gasteiger charge is -2.34. The van der Waals surface area contributed by atoms with Crippen LogP contribution in [0.1, 0.15) is 17.2 Å². The van der Waals surface area contributed by atoms with E-state index in [1.807, 2.05) is 54.6 Å². The van der Waals surface area contributed by atoms with E-state index in [-0.39, 0.29) is 36.5 Å². The van der Waals surface area contributed by atoms with Gasteiger partial charge >= 0.3 is 0 Å². The maximum absolute atomic E-state index is 12.9. The first kappa shape index (κ1) is 23.4. The molecule has 172 valence electrons. The topological polar surface area (TPSA) is 69.7 Å². The summed E-state index contributed by atoms with van der Waals surface area (Å²) in [5, 5.41) is 4.00. The van der Waals surface area contributed by atoms with Gasteiger partial charge in [-0.05, 0) is 35.4 Å². The van der Waals surface area contributed by atoms with Crippen molar-refractivity contribution in [2.75, 3.05) is 32.7 Å². The number of hydrogen-bond donors (Lipinski definition) is 1. The molecule has 1 aliphatic rings. The SMILES string of the molecule is O=C(CNC(c1ccccc1)c1cccc(Cl)c1)N1CCN(S(=O)(=O)c2ccccc2)CC1. The number of nitrogens with zero attached hydrogens (tertiary/aromatic N) is 2. The fraction of sp³-hybridized carbons (Fsp3) is 0.240. The number of benzene rings is 3. The van der Waals surface area contributed by atoms with E-state index in [1.54, 1.807) is 35.2 Å². The molecule has 3 aromatic rings. The van der Waals surface area contributed by atoms with E-state index in [1.165, 1.54) is 4.31 Å². The fourth-order valence-corrected chi connectivity index (χ4v) is 5.62. The van der Waals surface area contributed by atoms with Crippen molar-refractivity contribution in [3.05, 3.63) is 101 Å². The van der Waals surface area contributed by atoms with Crippen LogP contribution in [-0.4, -0.2) is 56.3 Å². The molecule has 33 heavy (non-hydrogen) atoms. The van der Waals surface area contributed by atoms with Crippen LogP contribution >= 0.6 is 11.6 Å². The second kappa shape index (κ2) is 10.5. The van der Waals surface area contributed by atoms with Crippen LogP contribution in [0.2, 0.25) is 5.02 Å². The van der Waals surface area contributed by atoms with Crippen LogP contribution in [0, 0.1) is 0 Å². The van der Waals surface area contributed by atoms with Gasteiger partial charge in [0.1, 0.15) is 0 Å². The predicted octanol–water partition coefficient (Wildman–Crippen LogP) is 3.55. The second-order valence-electron chi connectivity index (χ2n) is 7.88. The third-order valence-electron chi connectivity index (χ3n) is 5.74. The van der Waals surface area contributed by atoms with Gasteiger partial charge in [0.2, 0.25) is 15.9 Å². The second-order valence-corrected chi connectivity index (χ2v) is 10.3. The van der Waals surface area contributed by atoms with Crippen molar-refractivity contribution in [2.24, 2.45) is 0 Å². The molecule has 0 bridgehead atoms. The Bertz CT molecular complexity index is 1180. The lowest BCUT2D eigenvalue weighted by Crippen LogP contribution is -2.52. The zero-order valence-electron chi connectivity index (χ0n) is 18.1. The van der Waals surface area contributed by atoms with E-state index in [0.717, 1.165) is 11.1 Å². The number of rotatable bonds is 7. The molecule has 1 unspecified atom stereocenters. The Balaban J connectivity index is 1.39. The Labute approximate surface area is 199 Å². The number of amides is 1. The van der Waals surface area contributed by atoms with Gasteiger partial charge in [-0.1, -0.05) is 72.3 Å². The monoisotopic (exact) mass is 483 g/mol. The first-order valence-corrected chi connectivity index (χ1v) is 12.6. The standard InChI is InChI=1S/C25H26ClN3O3S/c26-22-11-7-10-21(18-22)25(20-8-3-1-4-9-20)27-19-24(30)28-14-16-29(17-15-28)33(31,32)23-12-5-2-6-13-23/h1-13,18,25,27H,14-17,19H2. The van der Waals surface area contributed by atoms with Crippen molar-refractivity contribution < 1.29 is 13.2 Å². The van der Waals surface area contributed by atoms with Gasteiger partial charge in [-0.2, -0.15) is 4.31 Å². The maximum atomic E-state index is 12.9. The van der Waals surface area contributed by atoms with Gasteiger partial charge in [0.15, 0.2) is 0 Å². The van der Waals surface area contributed by atoms with Gasteiger partial charge in [-0.15, -0.1) is 0 Å². The molecule has 1 fully saturated rings. The Morgan fingerprint density at radius 3 is 2.09 bits per heavy atom. The summed E-state index contributed by atoms with van der Waals surface area (Å²) in [7, 11) is -3.55. The van der Waals surface area contributed by atoms with E-state index in [0.29, 0.717) is 18.1 Å². The third kappa shape index (κ3) is 5.62. The zero-order chi connectivity index (χ0) is 23.3. The van der Waals surface area contributed by atoms with Gasteiger partial charge in [0.05, 0.1) is 17.5 Å². The number of piperazine rings is 1. The number of sulfonamides is 1. The number of nitrogens with one attached hydrogen (secondary N) is 1. The van der Waals surface area contributed by atoms with E-state index in [2.05, 4.69) is 5.32 Å². The molecule has 1 N–H and O–H groups in total. The highest BCUT2D eigenvalue weighted by atomic mass is 35.5. The summed E-state index contributed by atoms with van der Waals surface area (Å²) in [6.45, 7) is 1.41. The lowest BCUT2D eigenvalue weighted by molar-refractivity contribution is -0.131. The van der Waals surface area contributed by atoms with Crippen molar-refractivity contribution in [3.63, 3.8) is 0 Å². The smallest absolute Gasteiger partial charge is 0.243 e. The van der Waals surface area contributed by atoms with E-state index in [4.69, 9.17) is 11.6 Å². The van der Waals surface area contributed by atoms with Crippen LogP contribution in [0.5, 0.6) is 0 Å². The van der Waals surface area contributed by atoms with Crippen molar-refractivity contribution >= 4 is 27.5 Å². The van der Waals surface area contributed by atoms with Gasteiger partial charge in [0.25, 0.3) is 0 Å². The van der Waals surface area contributed by atoms with E-state index < -0.39 is 10.0 Å². The maximum Gasteiger partial charge on any atom is 0.243 e. The van der Waals surface area contributed by atoms with Gasteiger partial charge in [-0.25, -0.2) is 8.42 Å². The number of carbonyl (C=O) groups is 1. The summed E-state index contributed by atoms with van der Waals surface area (Å²) in [6, 6.07) is 25.7. The zero-order valence-corrected chi connectivity index (χ0v) is 19.7. The normalized spacial score (nSPS) is 15.8.